The fourth-order valence-electron chi connectivity index (χ4n) is 3.72. The van der Waals surface area contributed by atoms with Gasteiger partial charge in [-0.05, 0) is 62.1 Å². The van der Waals surface area contributed by atoms with Gasteiger partial charge in [-0.2, -0.15) is 4.31 Å². The third-order valence-electron chi connectivity index (χ3n) is 5.68. The molecule has 1 aliphatic heterocycles. The Balaban J connectivity index is 1.63. The van der Waals surface area contributed by atoms with Crippen LogP contribution in [0.1, 0.15) is 43.4 Å². The van der Waals surface area contributed by atoms with E-state index >= 15 is 0 Å². The minimum Gasteiger partial charge on any atom is -0.325 e. The number of nitrogens with one attached hydrogen (secondary N) is 2. The van der Waals surface area contributed by atoms with Crippen molar-refractivity contribution in [1.29, 1.82) is 0 Å². The van der Waals surface area contributed by atoms with Gasteiger partial charge in [0.1, 0.15) is 0 Å². The molecule has 180 valence electrons. The lowest BCUT2D eigenvalue weighted by Gasteiger charge is -2.26. The Morgan fingerprint density at radius 3 is 2.27 bits per heavy atom. The average Bonchev–Trinajstić information content (AvgIpc) is 2.78. The van der Waals surface area contributed by atoms with E-state index in [1.165, 1.54) is 22.5 Å². The smallest absolute Gasteiger partial charge is 0.243 e. The molecular weight excluding hydrogens is 464 g/mol. The van der Waals surface area contributed by atoms with E-state index in [1.807, 2.05) is 6.92 Å². The number of rotatable bonds is 8. The van der Waals surface area contributed by atoms with Gasteiger partial charge in [0.2, 0.25) is 26.0 Å². The molecule has 0 spiro atoms. The molecule has 1 fully saturated rings. The summed E-state index contributed by atoms with van der Waals surface area (Å²) in [5, 5.41) is 10.9. The quantitative estimate of drug-likeness (QED) is 0.514. The van der Waals surface area contributed by atoms with E-state index in [4.69, 9.17) is 5.14 Å². The van der Waals surface area contributed by atoms with Crippen LogP contribution in [-0.2, 0) is 24.8 Å². The summed E-state index contributed by atoms with van der Waals surface area (Å²) in [5.41, 5.74) is 1.84. The number of nitrogens with two attached hydrogens (primary N) is 1. The maximum atomic E-state index is 13.1. The normalized spacial score (nSPS) is 16.3. The maximum absolute atomic E-state index is 13.1. The summed E-state index contributed by atoms with van der Waals surface area (Å²) >= 11 is 0. The van der Waals surface area contributed by atoms with Crippen molar-refractivity contribution < 1.29 is 21.6 Å². The Morgan fingerprint density at radius 1 is 1.03 bits per heavy atom. The first kappa shape index (κ1) is 25.3. The number of carbonyl (C=O) groups excluding carboxylic acids is 1. The summed E-state index contributed by atoms with van der Waals surface area (Å²) in [6, 6.07) is 10.7. The molecule has 4 N–H and O–H groups in total. The van der Waals surface area contributed by atoms with Gasteiger partial charge in [0, 0.05) is 24.8 Å². The molecule has 11 heteroatoms. The molecule has 0 radical (unpaired) electrons. The minimum absolute atomic E-state index is 0.0137. The Morgan fingerprint density at radius 2 is 1.67 bits per heavy atom. The molecule has 0 saturated carbocycles. The number of amides is 1. The van der Waals surface area contributed by atoms with Crippen LogP contribution in [-0.4, -0.2) is 46.7 Å². The standard InChI is InChI=1S/C22H30N4O5S2/c1-16-6-9-19(14-21(16)33(30,31)26-12-4-3-5-13-26)25-22(27)15-24-17(2)18-7-10-20(11-8-18)32(23,28)29/h6-11,14,17,24H,3-5,12-13,15H2,1-2H3,(H,25,27)(H2,23,28,29). The zero-order valence-electron chi connectivity index (χ0n) is 18.7. The number of carbonyl (C=O) groups is 1. The van der Waals surface area contributed by atoms with Crippen molar-refractivity contribution in [3.8, 4) is 0 Å². The third kappa shape index (κ3) is 6.39. The third-order valence-corrected chi connectivity index (χ3v) is 8.65. The summed E-state index contributed by atoms with van der Waals surface area (Å²) in [4.78, 5) is 12.7. The van der Waals surface area contributed by atoms with Crippen LogP contribution in [0.15, 0.2) is 52.3 Å². The van der Waals surface area contributed by atoms with Gasteiger partial charge < -0.3 is 10.6 Å². The van der Waals surface area contributed by atoms with Crippen molar-refractivity contribution in [2.24, 2.45) is 5.14 Å². The number of anilines is 1. The van der Waals surface area contributed by atoms with Crippen molar-refractivity contribution >= 4 is 31.6 Å². The highest BCUT2D eigenvalue weighted by Crippen LogP contribution is 2.26. The number of sulfonamides is 2. The van der Waals surface area contributed by atoms with Crippen molar-refractivity contribution in [3.05, 3.63) is 53.6 Å². The van der Waals surface area contributed by atoms with Crippen LogP contribution < -0.4 is 15.8 Å². The van der Waals surface area contributed by atoms with E-state index in [-0.39, 0.29) is 28.3 Å². The number of aryl methyl sites for hydroxylation is 1. The molecule has 3 rings (SSSR count). The molecule has 1 atom stereocenters. The van der Waals surface area contributed by atoms with Crippen LogP contribution in [0, 0.1) is 6.92 Å². The Bertz CT molecular complexity index is 1210. The summed E-state index contributed by atoms with van der Waals surface area (Å²) in [7, 11) is -7.37. The molecule has 33 heavy (non-hydrogen) atoms. The van der Waals surface area contributed by atoms with E-state index in [0.29, 0.717) is 24.3 Å². The summed E-state index contributed by atoms with van der Waals surface area (Å²) < 4.78 is 50.4. The van der Waals surface area contributed by atoms with Gasteiger partial charge in [-0.1, -0.05) is 24.6 Å². The molecule has 1 heterocycles. The molecule has 2 aromatic rings. The lowest BCUT2D eigenvalue weighted by molar-refractivity contribution is -0.115. The van der Waals surface area contributed by atoms with Crippen molar-refractivity contribution in [2.75, 3.05) is 25.0 Å². The van der Waals surface area contributed by atoms with Crippen LogP contribution >= 0.6 is 0 Å². The Kier molecular flexibility index (Phi) is 7.91. The average molecular weight is 495 g/mol. The molecule has 2 aromatic carbocycles. The summed E-state index contributed by atoms with van der Waals surface area (Å²) in [6.07, 6.45) is 2.73. The molecule has 9 nitrogen and oxygen atoms in total. The van der Waals surface area contributed by atoms with E-state index < -0.39 is 20.0 Å². The molecule has 1 amide bonds. The Hall–Kier alpha value is -2.31. The second-order valence-electron chi connectivity index (χ2n) is 8.21. The van der Waals surface area contributed by atoms with Gasteiger partial charge >= 0.3 is 0 Å². The predicted molar refractivity (Wildman–Crippen MR) is 127 cm³/mol. The highest BCUT2D eigenvalue weighted by Gasteiger charge is 2.27. The van der Waals surface area contributed by atoms with Gasteiger partial charge in [-0.25, -0.2) is 22.0 Å². The predicted octanol–water partition coefficient (Wildman–Crippen LogP) is 2.11. The first-order chi connectivity index (χ1) is 15.5. The van der Waals surface area contributed by atoms with Crippen LogP contribution in [0.5, 0.6) is 0 Å². The summed E-state index contributed by atoms with van der Waals surface area (Å²) in [5.74, 6) is -0.326. The maximum Gasteiger partial charge on any atom is 0.243 e. The number of piperidine rings is 1. The SMILES string of the molecule is Cc1ccc(NC(=O)CNC(C)c2ccc(S(N)(=O)=O)cc2)cc1S(=O)(=O)N1CCCCC1. The minimum atomic E-state index is -3.76. The lowest BCUT2D eigenvalue weighted by Crippen LogP contribution is -2.36. The molecule has 0 bridgehead atoms. The molecule has 0 aliphatic carbocycles. The molecule has 1 unspecified atom stereocenters. The van der Waals surface area contributed by atoms with Crippen LogP contribution in [0.2, 0.25) is 0 Å². The van der Waals surface area contributed by atoms with E-state index in [0.717, 1.165) is 24.8 Å². The number of hydrogen-bond donors (Lipinski definition) is 3. The van der Waals surface area contributed by atoms with Crippen molar-refractivity contribution in [1.82, 2.24) is 9.62 Å². The molecular formula is C22H30N4O5S2. The summed E-state index contributed by atoms with van der Waals surface area (Å²) in [6.45, 7) is 4.60. The monoisotopic (exact) mass is 494 g/mol. The second kappa shape index (κ2) is 10.3. The topological polar surface area (TPSA) is 139 Å². The zero-order chi connectivity index (χ0) is 24.2. The first-order valence-corrected chi connectivity index (χ1v) is 13.7. The lowest BCUT2D eigenvalue weighted by atomic mass is 10.1. The van der Waals surface area contributed by atoms with Gasteiger partial charge in [0.05, 0.1) is 16.3 Å². The number of benzene rings is 2. The highest BCUT2D eigenvalue weighted by molar-refractivity contribution is 7.89. The number of nitrogens with zero attached hydrogens (tertiary/aromatic N) is 1. The number of primary sulfonamides is 1. The second-order valence-corrected chi connectivity index (χ2v) is 11.7. The van der Waals surface area contributed by atoms with Gasteiger partial charge in [0.25, 0.3) is 0 Å². The fourth-order valence-corrected chi connectivity index (χ4v) is 6.00. The Labute approximate surface area is 195 Å². The van der Waals surface area contributed by atoms with Crippen LogP contribution in [0.3, 0.4) is 0 Å². The largest absolute Gasteiger partial charge is 0.325 e. The van der Waals surface area contributed by atoms with Gasteiger partial charge in [-0.3, -0.25) is 4.79 Å². The first-order valence-electron chi connectivity index (χ1n) is 10.8. The van der Waals surface area contributed by atoms with E-state index in [2.05, 4.69) is 10.6 Å². The van der Waals surface area contributed by atoms with E-state index in [1.54, 1.807) is 31.2 Å². The van der Waals surface area contributed by atoms with Gasteiger partial charge in [0.15, 0.2) is 0 Å². The molecule has 0 aromatic heterocycles. The van der Waals surface area contributed by atoms with Gasteiger partial charge in [-0.15, -0.1) is 0 Å². The molecule has 1 saturated heterocycles. The van der Waals surface area contributed by atoms with Crippen LogP contribution in [0.4, 0.5) is 5.69 Å². The number of hydrogen-bond acceptors (Lipinski definition) is 6. The van der Waals surface area contributed by atoms with E-state index in [9.17, 15) is 21.6 Å². The van der Waals surface area contributed by atoms with Crippen molar-refractivity contribution in [2.45, 2.75) is 48.9 Å². The molecule has 1 aliphatic rings. The highest BCUT2D eigenvalue weighted by atomic mass is 32.2. The fraction of sp³-hybridized carbons (Fsp3) is 0.409. The van der Waals surface area contributed by atoms with Crippen molar-refractivity contribution in [3.63, 3.8) is 0 Å². The van der Waals surface area contributed by atoms with Crippen LogP contribution in [0.25, 0.3) is 0 Å². The zero-order valence-corrected chi connectivity index (χ0v) is 20.4.